The van der Waals surface area contributed by atoms with E-state index in [1.807, 2.05) is 13.0 Å². The molecule has 80 valence electrons. The summed E-state index contributed by atoms with van der Waals surface area (Å²) in [6.07, 6.45) is 1.89. The van der Waals surface area contributed by atoms with Crippen LogP contribution in [0.15, 0.2) is 18.2 Å². The number of nitrogens with zero attached hydrogens (tertiary/aromatic N) is 1. The van der Waals surface area contributed by atoms with E-state index in [4.69, 9.17) is 10.00 Å². The maximum Gasteiger partial charge on any atom is 0.144 e. The first kappa shape index (κ1) is 11.5. The molecule has 1 atom stereocenters. The zero-order chi connectivity index (χ0) is 11.3. The van der Waals surface area contributed by atoms with E-state index in [0.29, 0.717) is 5.75 Å². The molecule has 0 amide bonds. The Morgan fingerprint density at radius 3 is 2.87 bits per heavy atom. The van der Waals surface area contributed by atoms with Crippen molar-refractivity contribution in [3.63, 3.8) is 0 Å². The van der Waals surface area contributed by atoms with E-state index in [-0.39, 0.29) is 11.7 Å². The second-order valence-electron chi connectivity index (χ2n) is 3.44. The third-order valence-electron chi connectivity index (χ3n) is 2.11. The Kier molecular flexibility index (Phi) is 4.11. The Labute approximate surface area is 89.3 Å². The molecule has 1 aromatic rings. The molecule has 1 unspecified atom stereocenters. The molecule has 0 aliphatic rings. The lowest BCUT2D eigenvalue weighted by Gasteiger charge is -2.14. The molecule has 0 saturated heterocycles. The van der Waals surface area contributed by atoms with Crippen LogP contribution in [0.1, 0.15) is 32.3 Å². The van der Waals surface area contributed by atoms with Crippen molar-refractivity contribution in [3.05, 3.63) is 29.6 Å². The minimum atomic E-state index is -0.529. The molecule has 0 saturated carbocycles. The van der Waals surface area contributed by atoms with Crippen molar-refractivity contribution in [2.24, 2.45) is 0 Å². The number of hydrogen-bond donors (Lipinski definition) is 0. The lowest BCUT2D eigenvalue weighted by Crippen LogP contribution is -2.12. The molecule has 1 rings (SSSR count). The van der Waals surface area contributed by atoms with Crippen molar-refractivity contribution < 1.29 is 9.13 Å². The fourth-order valence-electron chi connectivity index (χ4n) is 1.39. The smallest absolute Gasteiger partial charge is 0.144 e. The van der Waals surface area contributed by atoms with Crippen LogP contribution in [-0.4, -0.2) is 6.10 Å². The third-order valence-corrected chi connectivity index (χ3v) is 2.11. The molecular weight excluding hydrogens is 193 g/mol. The summed E-state index contributed by atoms with van der Waals surface area (Å²) < 4.78 is 18.7. The highest BCUT2D eigenvalue weighted by molar-refractivity contribution is 5.43. The molecule has 0 heterocycles. The number of hydrogen-bond acceptors (Lipinski definition) is 2. The molecule has 1 aromatic carbocycles. The normalized spacial score (nSPS) is 11.9. The number of ether oxygens (including phenoxy) is 1. The zero-order valence-corrected chi connectivity index (χ0v) is 8.96. The van der Waals surface area contributed by atoms with Gasteiger partial charge in [0.1, 0.15) is 23.2 Å². The molecule has 0 radical (unpaired) electrons. The highest BCUT2D eigenvalue weighted by atomic mass is 19.1. The minimum Gasteiger partial charge on any atom is -0.489 e. The first-order valence-electron chi connectivity index (χ1n) is 5.04. The molecule has 2 nitrogen and oxygen atoms in total. The average molecular weight is 207 g/mol. The summed E-state index contributed by atoms with van der Waals surface area (Å²) in [6.45, 7) is 3.96. The lowest BCUT2D eigenvalue weighted by molar-refractivity contribution is 0.208. The van der Waals surface area contributed by atoms with Gasteiger partial charge in [-0.2, -0.15) is 5.26 Å². The van der Waals surface area contributed by atoms with Gasteiger partial charge in [-0.3, -0.25) is 0 Å². The standard InChI is InChI=1S/C12H14FNO/c1-3-5-9(2)15-12-7-4-6-11(13)10(12)8-14/h4,6-7,9H,3,5H2,1-2H3. The fraction of sp³-hybridized carbons (Fsp3) is 0.417. The number of rotatable bonds is 4. The highest BCUT2D eigenvalue weighted by Crippen LogP contribution is 2.22. The Morgan fingerprint density at radius 1 is 1.53 bits per heavy atom. The van der Waals surface area contributed by atoms with Gasteiger partial charge >= 0.3 is 0 Å². The molecule has 0 fully saturated rings. The Morgan fingerprint density at radius 2 is 2.27 bits per heavy atom. The van der Waals surface area contributed by atoms with Crippen molar-refractivity contribution in [3.8, 4) is 11.8 Å². The predicted molar refractivity (Wildman–Crippen MR) is 56.1 cm³/mol. The second kappa shape index (κ2) is 5.35. The van der Waals surface area contributed by atoms with E-state index < -0.39 is 5.82 Å². The summed E-state index contributed by atoms with van der Waals surface area (Å²) in [5.74, 6) is -0.197. The first-order valence-corrected chi connectivity index (χ1v) is 5.04. The van der Waals surface area contributed by atoms with Crippen molar-refractivity contribution in [2.75, 3.05) is 0 Å². The van der Waals surface area contributed by atoms with Gasteiger partial charge in [0.05, 0.1) is 6.10 Å². The van der Waals surface area contributed by atoms with Crippen LogP contribution in [0.25, 0.3) is 0 Å². The second-order valence-corrected chi connectivity index (χ2v) is 3.44. The van der Waals surface area contributed by atoms with Gasteiger partial charge in [0.2, 0.25) is 0 Å². The number of benzene rings is 1. The van der Waals surface area contributed by atoms with E-state index in [0.717, 1.165) is 12.8 Å². The molecule has 15 heavy (non-hydrogen) atoms. The van der Waals surface area contributed by atoms with Gasteiger partial charge in [-0.05, 0) is 25.5 Å². The lowest BCUT2D eigenvalue weighted by atomic mass is 10.2. The first-order chi connectivity index (χ1) is 7.19. The van der Waals surface area contributed by atoms with Crippen LogP contribution >= 0.6 is 0 Å². The van der Waals surface area contributed by atoms with Crippen LogP contribution in [0.2, 0.25) is 0 Å². The van der Waals surface area contributed by atoms with Gasteiger partial charge in [0.25, 0.3) is 0 Å². The van der Waals surface area contributed by atoms with E-state index in [1.54, 1.807) is 12.1 Å². The maximum absolute atomic E-state index is 13.2. The van der Waals surface area contributed by atoms with Crippen molar-refractivity contribution >= 4 is 0 Å². The summed E-state index contributed by atoms with van der Waals surface area (Å²) in [4.78, 5) is 0. The summed E-state index contributed by atoms with van der Waals surface area (Å²) >= 11 is 0. The Balaban J connectivity index is 2.86. The number of halogens is 1. The largest absolute Gasteiger partial charge is 0.489 e. The van der Waals surface area contributed by atoms with E-state index in [1.165, 1.54) is 6.07 Å². The summed E-state index contributed by atoms with van der Waals surface area (Å²) in [6, 6.07) is 6.24. The minimum absolute atomic E-state index is 0.00361. The van der Waals surface area contributed by atoms with Crippen molar-refractivity contribution in [1.82, 2.24) is 0 Å². The Bertz CT molecular complexity index is 370. The summed E-state index contributed by atoms with van der Waals surface area (Å²) in [5, 5.41) is 8.77. The van der Waals surface area contributed by atoms with Gasteiger partial charge in [-0.15, -0.1) is 0 Å². The molecule has 0 spiro atoms. The van der Waals surface area contributed by atoms with Crippen LogP contribution in [-0.2, 0) is 0 Å². The van der Waals surface area contributed by atoms with Crippen LogP contribution in [0.5, 0.6) is 5.75 Å². The Hall–Kier alpha value is -1.56. The monoisotopic (exact) mass is 207 g/mol. The average Bonchev–Trinajstić information content (AvgIpc) is 2.18. The molecular formula is C12H14FNO. The fourth-order valence-corrected chi connectivity index (χ4v) is 1.39. The zero-order valence-electron chi connectivity index (χ0n) is 8.96. The number of nitriles is 1. The maximum atomic E-state index is 13.2. The highest BCUT2D eigenvalue weighted by Gasteiger charge is 2.11. The summed E-state index contributed by atoms with van der Waals surface area (Å²) in [5.41, 5.74) is -0.0135. The van der Waals surface area contributed by atoms with Crippen LogP contribution in [0.4, 0.5) is 4.39 Å². The van der Waals surface area contributed by atoms with E-state index in [2.05, 4.69) is 6.92 Å². The molecule has 0 bridgehead atoms. The SMILES string of the molecule is CCCC(C)Oc1cccc(F)c1C#N. The van der Waals surface area contributed by atoms with Crippen molar-refractivity contribution in [2.45, 2.75) is 32.8 Å². The third kappa shape index (κ3) is 2.95. The van der Waals surface area contributed by atoms with Crippen molar-refractivity contribution in [1.29, 1.82) is 5.26 Å². The topological polar surface area (TPSA) is 33.0 Å². The quantitative estimate of drug-likeness (QED) is 0.759. The van der Waals surface area contributed by atoms with Gasteiger partial charge in [0, 0.05) is 0 Å². The predicted octanol–water partition coefficient (Wildman–Crippen LogP) is 3.26. The van der Waals surface area contributed by atoms with Gasteiger partial charge in [-0.25, -0.2) is 4.39 Å². The molecule has 0 aromatic heterocycles. The van der Waals surface area contributed by atoms with Gasteiger partial charge < -0.3 is 4.74 Å². The van der Waals surface area contributed by atoms with Gasteiger partial charge in [0.15, 0.2) is 0 Å². The van der Waals surface area contributed by atoms with Crippen LogP contribution in [0, 0.1) is 17.1 Å². The molecule has 0 N–H and O–H groups in total. The molecule has 0 aliphatic carbocycles. The molecule has 0 aliphatic heterocycles. The summed E-state index contributed by atoms with van der Waals surface area (Å²) in [7, 11) is 0. The molecule has 3 heteroatoms. The van der Waals surface area contributed by atoms with Crippen LogP contribution < -0.4 is 4.74 Å². The van der Waals surface area contributed by atoms with Crippen LogP contribution in [0.3, 0.4) is 0 Å². The van der Waals surface area contributed by atoms with Gasteiger partial charge in [-0.1, -0.05) is 19.4 Å². The van der Waals surface area contributed by atoms with E-state index in [9.17, 15) is 4.39 Å². The van der Waals surface area contributed by atoms with E-state index >= 15 is 0 Å².